The molecule has 0 saturated heterocycles. The Kier molecular flexibility index (Phi) is 4.35. The fourth-order valence-electron chi connectivity index (χ4n) is 2.77. The number of halogens is 4. The van der Waals surface area contributed by atoms with Gasteiger partial charge in [0.05, 0.1) is 21.3 Å². The van der Waals surface area contributed by atoms with Gasteiger partial charge in [-0.15, -0.1) is 0 Å². The van der Waals surface area contributed by atoms with E-state index in [1.54, 1.807) is 18.2 Å². The van der Waals surface area contributed by atoms with E-state index in [-0.39, 0.29) is 21.6 Å². The molecule has 5 nitrogen and oxygen atoms in total. The molecule has 0 fully saturated rings. The highest BCUT2D eigenvalue weighted by atomic mass is 35.5. The van der Waals surface area contributed by atoms with Crippen molar-refractivity contribution in [1.29, 1.82) is 0 Å². The largest absolute Gasteiger partial charge is 0.418 e. The van der Waals surface area contributed by atoms with Crippen molar-refractivity contribution < 1.29 is 18.0 Å². The zero-order valence-corrected chi connectivity index (χ0v) is 15.3. The standard InChI is InChI=1S/C18H9ClF3N3O2S/c19-8-4-5-12-13(6-8)28-17(24-12)25-16(27)10-7-23-14-9(15(10)26)2-1-3-11(14)18(20,21)22/h1-7H,(H,23,26)(H,24,25,27). The number of anilines is 1. The topological polar surface area (TPSA) is 74.8 Å². The van der Waals surface area contributed by atoms with E-state index in [1.165, 1.54) is 6.07 Å². The van der Waals surface area contributed by atoms with Crippen LogP contribution in [0.2, 0.25) is 5.02 Å². The van der Waals surface area contributed by atoms with E-state index in [1.807, 2.05) is 0 Å². The van der Waals surface area contributed by atoms with Crippen LogP contribution in [-0.2, 0) is 6.18 Å². The molecule has 2 aromatic heterocycles. The molecule has 1 amide bonds. The van der Waals surface area contributed by atoms with Gasteiger partial charge in [0, 0.05) is 16.6 Å². The lowest BCUT2D eigenvalue weighted by atomic mass is 10.1. The average molecular weight is 424 g/mol. The Morgan fingerprint density at radius 3 is 2.75 bits per heavy atom. The molecule has 0 spiro atoms. The summed E-state index contributed by atoms with van der Waals surface area (Å²) in [5.74, 6) is -0.772. The second-order valence-corrected chi connectivity index (χ2v) is 7.31. The molecule has 2 heterocycles. The molecule has 0 aliphatic carbocycles. The summed E-state index contributed by atoms with van der Waals surface area (Å²) in [5, 5.41) is 3.03. The summed E-state index contributed by atoms with van der Waals surface area (Å²) in [4.78, 5) is 31.7. The van der Waals surface area contributed by atoms with Gasteiger partial charge in [-0.25, -0.2) is 4.98 Å². The minimum Gasteiger partial charge on any atom is -0.360 e. The van der Waals surface area contributed by atoms with E-state index < -0.39 is 23.1 Å². The van der Waals surface area contributed by atoms with Gasteiger partial charge in [-0.05, 0) is 30.3 Å². The molecule has 28 heavy (non-hydrogen) atoms. The van der Waals surface area contributed by atoms with E-state index in [0.717, 1.165) is 34.4 Å². The number of para-hydroxylation sites is 1. The Morgan fingerprint density at radius 1 is 1.21 bits per heavy atom. The number of thiazole rings is 1. The fourth-order valence-corrected chi connectivity index (χ4v) is 3.91. The van der Waals surface area contributed by atoms with Gasteiger partial charge in [-0.1, -0.05) is 29.0 Å². The third-order valence-corrected chi connectivity index (χ3v) is 5.20. The number of nitrogens with one attached hydrogen (secondary N) is 2. The van der Waals surface area contributed by atoms with Crippen molar-refractivity contribution in [2.75, 3.05) is 5.32 Å². The summed E-state index contributed by atoms with van der Waals surface area (Å²) in [6.45, 7) is 0. The maximum atomic E-state index is 13.1. The molecule has 0 bridgehead atoms. The molecule has 0 saturated carbocycles. The van der Waals surface area contributed by atoms with Crippen molar-refractivity contribution in [3.63, 3.8) is 0 Å². The zero-order valence-electron chi connectivity index (χ0n) is 13.7. The highest BCUT2D eigenvalue weighted by Gasteiger charge is 2.33. The Morgan fingerprint density at radius 2 is 2.00 bits per heavy atom. The number of H-pyrrole nitrogens is 1. The molecule has 0 atom stereocenters. The van der Waals surface area contributed by atoms with Gasteiger partial charge >= 0.3 is 6.18 Å². The number of pyridine rings is 1. The zero-order chi connectivity index (χ0) is 20.1. The molecule has 10 heteroatoms. The normalized spacial score (nSPS) is 11.9. The van der Waals surface area contributed by atoms with Crippen LogP contribution in [0.15, 0.2) is 47.4 Å². The van der Waals surface area contributed by atoms with Crippen molar-refractivity contribution in [3.05, 3.63) is 69.0 Å². The number of aromatic nitrogens is 2. The van der Waals surface area contributed by atoms with Gasteiger partial charge < -0.3 is 4.98 Å². The Bertz CT molecular complexity index is 1300. The molecule has 4 aromatic rings. The number of rotatable bonds is 2. The highest BCUT2D eigenvalue weighted by Crippen LogP contribution is 2.33. The molecule has 2 aromatic carbocycles. The molecular formula is C18H9ClF3N3O2S. The highest BCUT2D eigenvalue weighted by molar-refractivity contribution is 7.22. The molecule has 4 rings (SSSR count). The lowest BCUT2D eigenvalue weighted by molar-refractivity contribution is -0.136. The van der Waals surface area contributed by atoms with Crippen LogP contribution in [0, 0.1) is 0 Å². The molecule has 0 radical (unpaired) electrons. The molecule has 0 aliphatic rings. The van der Waals surface area contributed by atoms with Gasteiger partial charge in [0.1, 0.15) is 5.56 Å². The number of benzene rings is 2. The lowest BCUT2D eigenvalue weighted by Crippen LogP contribution is -2.22. The number of aromatic amines is 1. The Hall–Kier alpha value is -2.91. The van der Waals surface area contributed by atoms with Crippen LogP contribution < -0.4 is 10.7 Å². The van der Waals surface area contributed by atoms with Crippen LogP contribution in [0.3, 0.4) is 0 Å². The lowest BCUT2D eigenvalue weighted by Gasteiger charge is -2.10. The molecule has 142 valence electrons. The van der Waals surface area contributed by atoms with Crippen molar-refractivity contribution in [3.8, 4) is 0 Å². The number of hydrogen-bond acceptors (Lipinski definition) is 4. The first kappa shape index (κ1) is 18.5. The van der Waals surface area contributed by atoms with Crippen LogP contribution in [-0.4, -0.2) is 15.9 Å². The number of amides is 1. The predicted molar refractivity (Wildman–Crippen MR) is 102 cm³/mol. The third kappa shape index (κ3) is 3.23. The second kappa shape index (κ2) is 6.61. The number of carbonyl (C=O) groups excluding carboxylic acids is 1. The van der Waals surface area contributed by atoms with E-state index in [0.29, 0.717) is 10.5 Å². The number of carbonyl (C=O) groups is 1. The monoisotopic (exact) mass is 423 g/mol. The van der Waals surface area contributed by atoms with Gasteiger partial charge in [0.15, 0.2) is 5.13 Å². The average Bonchev–Trinajstić information content (AvgIpc) is 3.02. The molecule has 0 unspecified atom stereocenters. The Balaban J connectivity index is 1.73. The van der Waals surface area contributed by atoms with Crippen molar-refractivity contribution in [2.24, 2.45) is 0 Å². The summed E-state index contributed by atoms with van der Waals surface area (Å²) in [5.41, 5.74) is -1.85. The first-order valence-corrected chi connectivity index (χ1v) is 9.02. The first-order valence-electron chi connectivity index (χ1n) is 7.83. The van der Waals surface area contributed by atoms with Crippen LogP contribution in [0.25, 0.3) is 21.1 Å². The fraction of sp³-hybridized carbons (Fsp3) is 0.0556. The van der Waals surface area contributed by atoms with Gasteiger partial charge in [0.25, 0.3) is 5.91 Å². The van der Waals surface area contributed by atoms with Crippen molar-refractivity contribution in [1.82, 2.24) is 9.97 Å². The number of nitrogens with zero attached hydrogens (tertiary/aromatic N) is 1. The molecule has 0 aliphatic heterocycles. The van der Waals surface area contributed by atoms with Crippen LogP contribution in [0.1, 0.15) is 15.9 Å². The minimum atomic E-state index is -4.63. The smallest absolute Gasteiger partial charge is 0.360 e. The van der Waals surface area contributed by atoms with Gasteiger partial charge in [0.2, 0.25) is 5.43 Å². The number of hydrogen-bond donors (Lipinski definition) is 2. The van der Waals surface area contributed by atoms with Crippen LogP contribution in [0.4, 0.5) is 18.3 Å². The number of alkyl halides is 3. The van der Waals surface area contributed by atoms with Crippen molar-refractivity contribution >= 4 is 55.1 Å². The minimum absolute atomic E-state index is 0.224. The van der Waals surface area contributed by atoms with E-state index >= 15 is 0 Å². The van der Waals surface area contributed by atoms with E-state index in [4.69, 9.17) is 11.6 Å². The van der Waals surface area contributed by atoms with E-state index in [2.05, 4.69) is 15.3 Å². The maximum absolute atomic E-state index is 13.1. The van der Waals surface area contributed by atoms with Crippen LogP contribution >= 0.6 is 22.9 Å². The summed E-state index contributed by atoms with van der Waals surface area (Å²) < 4.78 is 40.1. The second-order valence-electron chi connectivity index (χ2n) is 5.84. The van der Waals surface area contributed by atoms with Crippen molar-refractivity contribution in [2.45, 2.75) is 6.18 Å². The SMILES string of the molecule is O=C(Nc1nc2ccc(Cl)cc2s1)c1c[nH]c2c(C(F)(F)F)cccc2c1=O. The summed E-state index contributed by atoms with van der Waals surface area (Å²) in [6.07, 6.45) is -3.66. The van der Waals surface area contributed by atoms with Crippen LogP contribution in [0.5, 0.6) is 0 Å². The number of fused-ring (bicyclic) bond motifs is 2. The molecular weight excluding hydrogens is 415 g/mol. The third-order valence-electron chi connectivity index (χ3n) is 4.04. The summed E-state index contributed by atoms with van der Waals surface area (Å²) in [6, 6.07) is 8.25. The van der Waals surface area contributed by atoms with Gasteiger partial charge in [-0.2, -0.15) is 13.2 Å². The Labute approximate surface area is 163 Å². The van der Waals surface area contributed by atoms with E-state index in [9.17, 15) is 22.8 Å². The summed E-state index contributed by atoms with van der Waals surface area (Å²) in [7, 11) is 0. The molecule has 2 N–H and O–H groups in total. The predicted octanol–water partition coefficient (Wildman–Crippen LogP) is 5.06. The quantitative estimate of drug-likeness (QED) is 0.473. The summed E-state index contributed by atoms with van der Waals surface area (Å²) >= 11 is 7.08. The maximum Gasteiger partial charge on any atom is 0.418 e. The van der Waals surface area contributed by atoms with Gasteiger partial charge in [-0.3, -0.25) is 14.9 Å². The first-order chi connectivity index (χ1) is 13.2.